The Labute approximate surface area is 150 Å². The number of rotatable bonds is 3. The van der Waals surface area contributed by atoms with Gasteiger partial charge in [0.2, 0.25) is 11.8 Å². The minimum absolute atomic E-state index is 0.0130. The van der Waals surface area contributed by atoms with E-state index < -0.39 is 5.82 Å². The van der Waals surface area contributed by atoms with Crippen LogP contribution in [-0.2, 0) is 4.79 Å². The lowest BCUT2D eigenvalue weighted by molar-refractivity contribution is -0.131. The van der Waals surface area contributed by atoms with Gasteiger partial charge in [0, 0.05) is 44.7 Å². The highest BCUT2D eigenvalue weighted by Crippen LogP contribution is 2.27. The van der Waals surface area contributed by atoms with Crippen molar-refractivity contribution in [1.29, 1.82) is 0 Å². The van der Waals surface area contributed by atoms with Gasteiger partial charge >= 0.3 is 0 Å². The van der Waals surface area contributed by atoms with Gasteiger partial charge in [0.1, 0.15) is 23.7 Å². The fourth-order valence-corrected chi connectivity index (χ4v) is 3.02. The van der Waals surface area contributed by atoms with Crippen molar-refractivity contribution in [2.24, 2.45) is 0 Å². The Bertz CT molecular complexity index is 789. The third-order valence-electron chi connectivity index (χ3n) is 4.10. The first-order valence-electron chi connectivity index (χ1n) is 7.91. The first-order chi connectivity index (χ1) is 11.9. The predicted molar refractivity (Wildman–Crippen MR) is 92.6 cm³/mol. The van der Waals surface area contributed by atoms with Crippen molar-refractivity contribution in [2.75, 3.05) is 24.5 Å². The van der Waals surface area contributed by atoms with Crippen LogP contribution in [-0.4, -0.2) is 46.5 Å². The van der Waals surface area contributed by atoms with Gasteiger partial charge in [-0.05, 0) is 19.1 Å². The minimum atomic E-state index is -0.505. The number of nitrogens with zero attached hydrogens (tertiary/aromatic N) is 4. The van der Waals surface area contributed by atoms with Gasteiger partial charge in [-0.25, -0.2) is 14.4 Å². The van der Waals surface area contributed by atoms with E-state index in [1.54, 1.807) is 13.0 Å². The maximum absolute atomic E-state index is 13.2. The van der Waals surface area contributed by atoms with Gasteiger partial charge < -0.3 is 14.5 Å². The number of amides is 1. The summed E-state index contributed by atoms with van der Waals surface area (Å²) in [4.78, 5) is 23.9. The second kappa shape index (κ2) is 7.23. The lowest BCUT2D eigenvalue weighted by Crippen LogP contribution is -2.53. The maximum Gasteiger partial charge on any atom is 0.224 e. The number of anilines is 1. The van der Waals surface area contributed by atoms with Crippen molar-refractivity contribution >= 4 is 23.3 Å². The molecule has 0 radical (unpaired) electrons. The first kappa shape index (κ1) is 17.4. The van der Waals surface area contributed by atoms with Crippen LogP contribution >= 0.6 is 11.6 Å². The summed E-state index contributed by atoms with van der Waals surface area (Å²) in [6.07, 6.45) is 1.41. The number of aromatic nitrogens is 2. The molecular weight excluding hydrogens is 347 g/mol. The predicted octanol–water partition coefficient (Wildman–Crippen LogP) is 3.12. The lowest BCUT2D eigenvalue weighted by Gasteiger charge is -2.39. The molecule has 8 heteroatoms. The Morgan fingerprint density at radius 2 is 2.12 bits per heavy atom. The van der Waals surface area contributed by atoms with Crippen molar-refractivity contribution < 1.29 is 13.9 Å². The van der Waals surface area contributed by atoms with E-state index in [-0.39, 0.29) is 17.0 Å². The van der Waals surface area contributed by atoms with E-state index in [9.17, 15) is 9.18 Å². The number of piperazine rings is 1. The van der Waals surface area contributed by atoms with Crippen LogP contribution < -0.4 is 9.64 Å². The fraction of sp³-hybridized carbons (Fsp3) is 0.353. The summed E-state index contributed by atoms with van der Waals surface area (Å²) in [5.41, 5.74) is 0. The van der Waals surface area contributed by atoms with Gasteiger partial charge in [0.25, 0.3) is 0 Å². The molecule has 1 aromatic heterocycles. The van der Waals surface area contributed by atoms with Gasteiger partial charge in [-0.15, -0.1) is 0 Å². The number of hydrogen-bond acceptors (Lipinski definition) is 5. The van der Waals surface area contributed by atoms with Crippen molar-refractivity contribution in [2.45, 2.75) is 19.9 Å². The van der Waals surface area contributed by atoms with Gasteiger partial charge in [-0.3, -0.25) is 4.79 Å². The average Bonchev–Trinajstić information content (AvgIpc) is 2.58. The quantitative estimate of drug-likeness (QED) is 0.837. The van der Waals surface area contributed by atoms with Crippen molar-refractivity contribution in [3.05, 3.63) is 41.4 Å². The van der Waals surface area contributed by atoms with Gasteiger partial charge in [0.15, 0.2) is 0 Å². The summed E-state index contributed by atoms with van der Waals surface area (Å²) >= 11 is 5.76. The Morgan fingerprint density at radius 1 is 1.32 bits per heavy atom. The molecule has 1 aliphatic heterocycles. The maximum atomic E-state index is 13.2. The standard InChI is InChI=1S/C17H18ClFN4O2/c1-11-9-22(5-6-23(11)12(2)24)16-8-17(21-10-20-16)25-13-3-4-15(19)14(18)7-13/h3-4,7-8,10-11H,5-6,9H2,1-2H3. The number of hydrogen-bond donors (Lipinski definition) is 0. The third-order valence-corrected chi connectivity index (χ3v) is 4.39. The molecule has 1 saturated heterocycles. The number of halogens is 2. The first-order valence-corrected chi connectivity index (χ1v) is 8.29. The SMILES string of the molecule is CC(=O)N1CCN(c2cc(Oc3ccc(F)c(Cl)c3)ncn2)CC1C. The van der Waals surface area contributed by atoms with Crippen LogP contribution in [0.3, 0.4) is 0 Å². The lowest BCUT2D eigenvalue weighted by atomic mass is 10.2. The zero-order chi connectivity index (χ0) is 18.0. The molecule has 0 N–H and O–H groups in total. The van der Waals surface area contributed by atoms with Crippen LogP contribution in [0.4, 0.5) is 10.2 Å². The molecule has 0 bridgehead atoms. The van der Waals surface area contributed by atoms with Crippen LogP contribution in [0, 0.1) is 5.82 Å². The highest BCUT2D eigenvalue weighted by molar-refractivity contribution is 6.30. The van der Waals surface area contributed by atoms with Gasteiger partial charge in [-0.1, -0.05) is 11.6 Å². The molecule has 132 valence electrons. The minimum Gasteiger partial charge on any atom is -0.439 e. The zero-order valence-corrected chi connectivity index (χ0v) is 14.7. The highest BCUT2D eigenvalue weighted by atomic mass is 35.5. The molecule has 3 rings (SSSR count). The number of carbonyl (C=O) groups excluding carboxylic acids is 1. The molecule has 2 heterocycles. The monoisotopic (exact) mass is 364 g/mol. The zero-order valence-electron chi connectivity index (χ0n) is 13.9. The molecule has 25 heavy (non-hydrogen) atoms. The summed E-state index contributed by atoms with van der Waals surface area (Å²) in [6.45, 7) is 5.59. The average molecular weight is 365 g/mol. The van der Waals surface area contributed by atoms with Crippen LogP contribution in [0.2, 0.25) is 5.02 Å². The summed E-state index contributed by atoms with van der Waals surface area (Å²) in [6, 6.07) is 5.93. The molecule has 1 aliphatic rings. The van der Waals surface area contributed by atoms with Crippen LogP contribution in [0.5, 0.6) is 11.6 Å². The molecule has 1 fully saturated rings. The molecule has 0 spiro atoms. The smallest absolute Gasteiger partial charge is 0.224 e. The van der Waals surface area contributed by atoms with Crippen molar-refractivity contribution in [3.63, 3.8) is 0 Å². The summed E-state index contributed by atoms with van der Waals surface area (Å²) in [5, 5.41) is -0.0130. The van der Waals surface area contributed by atoms with E-state index in [1.807, 2.05) is 11.8 Å². The number of carbonyl (C=O) groups is 1. The molecule has 6 nitrogen and oxygen atoms in total. The number of ether oxygens (including phenoxy) is 1. The molecule has 1 atom stereocenters. The number of benzene rings is 1. The van der Waals surface area contributed by atoms with Gasteiger partial charge in [-0.2, -0.15) is 0 Å². The summed E-state index contributed by atoms with van der Waals surface area (Å²) in [7, 11) is 0. The van der Waals surface area contributed by atoms with Crippen LogP contribution in [0.15, 0.2) is 30.6 Å². The normalized spacial score (nSPS) is 17.5. The Balaban J connectivity index is 1.73. The molecule has 1 unspecified atom stereocenters. The van der Waals surface area contributed by atoms with E-state index in [0.717, 1.165) is 0 Å². The second-order valence-electron chi connectivity index (χ2n) is 5.90. The van der Waals surface area contributed by atoms with E-state index in [0.29, 0.717) is 37.1 Å². The highest BCUT2D eigenvalue weighted by Gasteiger charge is 2.26. The molecule has 1 aromatic carbocycles. The summed E-state index contributed by atoms with van der Waals surface area (Å²) in [5.74, 6) is 1.02. The third kappa shape index (κ3) is 3.99. The van der Waals surface area contributed by atoms with Crippen molar-refractivity contribution in [1.82, 2.24) is 14.9 Å². The molecular formula is C17H18ClFN4O2. The topological polar surface area (TPSA) is 58.6 Å². The van der Waals surface area contributed by atoms with E-state index in [1.165, 1.54) is 24.5 Å². The Hall–Kier alpha value is -2.41. The molecule has 0 saturated carbocycles. The Kier molecular flexibility index (Phi) is 5.03. The van der Waals surface area contributed by atoms with Crippen molar-refractivity contribution in [3.8, 4) is 11.6 Å². The molecule has 1 amide bonds. The molecule has 0 aliphatic carbocycles. The van der Waals surface area contributed by atoms with Crippen LogP contribution in [0.1, 0.15) is 13.8 Å². The van der Waals surface area contributed by atoms with Gasteiger partial charge in [0.05, 0.1) is 5.02 Å². The largest absolute Gasteiger partial charge is 0.439 e. The summed E-state index contributed by atoms with van der Waals surface area (Å²) < 4.78 is 18.9. The van der Waals surface area contributed by atoms with E-state index in [4.69, 9.17) is 16.3 Å². The fourth-order valence-electron chi connectivity index (χ4n) is 2.85. The van der Waals surface area contributed by atoms with E-state index in [2.05, 4.69) is 14.9 Å². The Morgan fingerprint density at radius 3 is 2.80 bits per heavy atom. The molecule has 2 aromatic rings. The second-order valence-corrected chi connectivity index (χ2v) is 6.31. The van der Waals surface area contributed by atoms with Crippen LogP contribution in [0.25, 0.3) is 0 Å². The van der Waals surface area contributed by atoms with E-state index >= 15 is 0 Å².